The highest BCUT2D eigenvalue weighted by molar-refractivity contribution is 6.36. The highest BCUT2D eigenvalue weighted by Crippen LogP contribution is 2.40. The zero-order valence-corrected chi connectivity index (χ0v) is 21.6. The van der Waals surface area contributed by atoms with Gasteiger partial charge in [0.05, 0.1) is 16.1 Å². The van der Waals surface area contributed by atoms with Crippen LogP contribution < -0.4 is 0 Å². The second kappa shape index (κ2) is 7.62. The van der Waals surface area contributed by atoms with Crippen LogP contribution in [-0.2, 0) is 0 Å². The van der Waals surface area contributed by atoms with E-state index in [0.717, 1.165) is 32.8 Å². The molecule has 2 nitrogen and oxygen atoms in total. The summed E-state index contributed by atoms with van der Waals surface area (Å²) in [4.78, 5) is 0. The smallest absolute Gasteiger partial charge is 0.136 e. The molecule has 0 unspecified atom stereocenters. The summed E-state index contributed by atoms with van der Waals surface area (Å²) in [7, 11) is 0. The number of benzene rings is 5. The molecular formula is C33H26ClNO. The third-order valence-electron chi connectivity index (χ3n) is 7.51. The predicted octanol–water partition coefficient (Wildman–Crippen LogP) is 10.2. The van der Waals surface area contributed by atoms with Crippen molar-refractivity contribution < 1.29 is 4.42 Å². The van der Waals surface area contributed by atoms with Crippen LogP contribution in [0.2, 0.25) is 5.02 Å². The molecule has 0 spiro atoms. The van der Waals surface area contributed by atoms with Gasteiger partial charge in [-0.25, -0.2) is 0 Å². The largest absolute Gasteiger partial charge is 0.456 e. The summed E-state index contributed by atoms with van der Waals surface area (Å²) in [5, 5.41) is 7.93. The second-order valence-corrected chi connectivity index (χ2v) is 10.8. The molecule has 0 aliphatic heterocycles. The first kappa shape index (κ1) is 21.5. The fraction of sp³-hybridized carbons (Fsp3) is 0.152. The lowest BCUT2D eigenvalue weighted by atomic mass is 10.0. The minimum Gasteiger partial charge on any atom is -0.456 e. The first-order chi connectivity index (χ1) is 17.4. The lowest BCUT2D eigenvalue weighted by Crippen LogP contribution is -1.96. The molecular weight excluding hydrogens is 462 g/mol. The van der Waals surface area contributed by atoms with Crippen molar-refractivity contribution in [2.24, 2.45) is 0 Å². The van der Waals surface area contributed by atoms with Gasteiger partial charge in [-0.2, -0.15) is 0 Å². The number of aryl methyl sites for hydroxylation is 2. The summed E-state index contributed by atoms with van der Waals surface area (Å²) in [5.41, 5.74) is 8.90. The van der Waals surface area contributed by atoms with Crippen molar-refractivity contribution in [3.05, 3.63) is 101 Å². The van der Waals surface area contributed by atoms with Gasteiger partial charge in [0.1, 0.15) is 11.2 Å². The molecule has 5 aromatic carbocycles. The third-order valence-corrected chi connectivity index (χ3v) is 7.80. The highest BCUT2D eigenvalue weighted by Gasteiger charge is 2.18. The lowest BCUT2D eigenvalue weighted by molar-refractivity contribution is 0.669. The number of rotatable bonds is 2. The van der Waals surface area contributed by atoms with Gasteiger partial charge < -0.3 is 8.98 Å². The molecule has 0 amide bonds. The van der Waals surface area contributed by atoms with Crippen molar-refractivity contribution in [2.75, 3.05) is 0 Å². The van der Waals surface area contributed by atoms with E-state index in [-0.39, 0.29) is 0 Å². The van der Waals surface area contributed by atoms with E-state index in [1.807, 2.05) is 0 Å². The highest BCUT2D eigenvalue weighted by atomic mass is 35.5. The van der Waals surface area contributed by atoms with Crippen molar-refractivity contribution in [2.45, 2.75) is 33.6 Å². The van der Waals surface area contributed by atoms with Gasteiger partial charge in [-0.15, -0.1) is 0 Å². The van der Waals surface area contributed by atoms with Crippen LogP contribution in [0.3, 0.4) is 0 Å². The van der Waals surface area contributed by atoms with E-state index in [4.69, 9.17) is 16.0 Å². The maximum Gasteiger partial charge on any atom is 0.136 e. The van der Waals surface area contributed by atoms with Crippen molar-refractivity contribution >= 4 is 66.1 Å². The Kier molecular flexibility index (Phi) is 4.56. The number of hydrogen-bond acceptors (Lipinski definition) is 1. The molecule has 3 heteroatoms. The molecule has 7 aromatic rings. The summed E-state index contributed by atoms with van der Waals surface area (Å²) >= 11 is 7.00. The Morgan fingerprint density at radius 1 is 0.694 bits per heavy atom. The Hall–Kier alpha value is -3.75. The fourth-order valence-electron chi connectivity index (χ4n) is 5.67. The van der Waals surface area contributed by atoms with Crippen LogP contribution in [0.5, 0.6) is 0 Å². The standard InChI is InChI=1S/C33H26ClNO/c1-18(2)22-16-27-25-9-5-19(3)13-29(25)35(33(27)28(34)17-22)23-8-11-24-21(15-23)7-12-30-32(24)26-10-6-20(4)14-31(26)36-30/h5-18H,1-4H3. The Balaban J connectivity index is 1.56. The molecule has 176 valence electrons. The topological polar surface area (TPSA) is 18.1 Å². The molecule has 7 rings (SSSR count). The van der Waals surface area contributed by atoms with E-state index >= 15 is 0 Å². The lowest BCUT2D eigenvalue weighted by Gasteiger charge is -2.12. The van der Waals surface area contributed by atoms with Crippen molar-refractivity contribution in [3.63, 3.8) is 0 Å². The SMILES string of the molecule is Cc1ccc2c(c1)oc1ccc3cc(-n4c5cc(C)ccc5c5cc(C(C)C)cc(Cl)c54)ccc3c12. The average molecular weight is 488 g/mol. The number of hydrogen-bond donors (Lipinski definition) is 0. The minimum absolute atomic E-state index is 0.410. The van der Waals surface area contributed by atoms with Gasteiger partial charge in [-0.05, 0) is 89.7 Å². The Morgan fingerprint density at radius 2 is 1.44 bits per heavy atom. The van der Waals surface area contributed by atoms with Crippen LogP contribution in [0.1, 0.15) is 36.5 Å². The van der Waals surface area contributed by atoms with E-state index in [2.05, 4.69) is 111 Å². The summed E-state index contributed by atoms with van der Waals surface area (Å²) < 4.78 is 8.52. The molecule has 2 aromatic heterocycles. The monoisotopic (exact) mass is 487 g/mol. The molecule has 0 N–H and O–H groups in total. The van der Waals surface area contributed by atoms with Gasteiger partial charge in [0.15, 0.2) is 0 Å². The van der Waals surface area contributed by atoms with E-state index < -0.39 is 0 Å². The molecule has 36 heavy (non-hydrogen) atoms. The fourth-order valence-corrected chi connectivity index (χ4v) is 5.98. The summed E-state index contributed by atoms with van der Waals surface area (Å²) in [6.07, 6.45) is 0. The quantitative estimate of drug-likeness (QED) is 0.237. The van der Waals surface area contributed by atoms with Crippen LogP contribution in [-0.4, -0.2) is 4.57 Å². The number of halogens is 1. The zero-order chi connectivity index (χ0) is 24.7. The summed E-state index contributed by atoms with van der Waals surface area (Å²) in [6, 6.07) is 28.5. The van der Waals surface area contributed by atoms with Gasteiger partial charge in [0.25, 0.3) is 0 Å². The molecule has 0 saturated heterocycles. The van der Waals surface area contributed by atoms with E-state index in [9.17, 15) is 0 Å². The number of fused-ring (bicyclic) bond motifs is 8. The van der Waals surface area contributed by atoms with Gasteiger partial charge >= 0.3 is 0 Å². The van der Waals surface area contributed by atoms with Crippen LogP contribution in [0.4, 0.5) is 0 Å². The Labute approximate surface area is 214 Å². The summed E-state index contributed by atoms with van der Waals surface area (Å²) in [5.74, 6) is 0.410. The molecule has 0 radical (unpaired) electrons. The zero-order valence-electron chi connectivity index (χ0n) is 20.8. The summed E-state index contributed by atoms with van der Waals surface area (Å²) in [6.45, 7) is 8.67. The molecule has 0 fully saturated rings. The first-order valence-corrected chi connectivity index (χ1v) is 12.9. The third kappa shape index (κ3) is 3.04. The number of aromatic nitrogens is 1. The number of furan rings is 1. The van der Waals surface area contributed by atoms with Gasteiger partial charge in [0.2, 0.25) is 0 Å². The van der Waals surface area contributed by atoms with Gasteiger partial charge in [-0.3, -0.25) is 0 Å². The normalized spacial score (nSPS) is 12.3. The van der Waals surface area contributed by atoms with Crippen molar-refractivity contribution in [1.29, 1.82) is 0 Å². The molecule has 2 heterocycles. The Bertz CT molecular complexity index is 2000. The van der Waals surface area contributed by atoms with E-state index in [1.165, 1.54) is 49.1 Å². The van der Waals surface area contributed by atoms with Crippen LogP contribution >= 0.6 is 11.6 Å². The van der Waals surface area contributed by atoms with Crippen molar-refractivity contribution in [3.8, 4) is 5.69 Å². The number of nitrogens with zero attached hydrogens (tertiary/aromatic N) is 1. The van der Waals surface area contributed by atoms with Crippen LogP contribution in [0.15, 0.2) is 83.3 Å². The molecule has 0 bridgehead atoms. The average Bonchev–Trinajstić information content (AvgIpc) is 3.38. The van der Waals surface area contributed by atoms with Gasteiger partial charge in [-0.1, -0.05) is 61.8 Å². The molecule has 0 atom stereocenters. The Morgan fingerprint density at radius 3 is 2.25 bits per heavy atom. The van der Waals surface area contributed by atoms with Crippen LogP contribution in [0, 0.1) is 13.8 Å². The van der Waals surface area contributed by atoms with Crippen LogP contribution in [0.25, 0.3) is 60.2 Å². The molecule has 0 saturated carbocycles. The second-order valence-electron chi connectivity index (χ2n) is 10.4. The van der Waals surface area contributed by atoms with E-state index in [1.54, 1.807) is 0 Å². The molecule has 0 aliphatic carbocycles. The predicted molar refractivity (Wildman–Crippen MR) is 154 cm³/mol. The maximum absolute atomic E-state index is 7.00. The van der Waals surface area contributed by atoms with Crippen molar-refractivity contribution in [1.82, 2.24) is 4.57 Å². The minimum atomic E-state index is 0.410. The van der Waals surface area contributed by atoms with Gasteiger partial charge in [0, 0.05) is 27.2 Å². The maximum atomic E-state index is 7.00. The molecule has 0 aliphatic rings. The van der Waals surface area contributed by atoms with E-state index in [0.29, 0.717) is 5.92 Å². The first-order valence-electron chi connectivity index (χ1n) is 12.5.